The van der Waals surface area contributed by atoms with Crippen LogP contribution in [-0.2, 0) is 14.6 Å². The minimum Gasteiger partial charge on any atom is -0.357 e. The van der Waals surface area contributed by atoms with Crippen molar-refractivity contribution < 1.29 is 13.2 Å². The zero-order chi connectivity index (χ0) is 15.7. The van der Waals surface area contributed by atoms with Crippen molar-refractivity contribution in [2.24, 2.45) is 5.92 Å². The third kappa shape index (κ3) is 3.04. The number of nitrogens with zero attached hydrogens (tertiary/aromatic N) is 2. The molecule has 0 bridgehead atoms. The number of likely N-dealkylation sites (N-methyl/N-ethyl adjacent to an activating group) is 1. The van der Waals surface area contributed by atoms with Crippen molar-refractivity contribution in [2.75, 3.05) is 7.05 Å². The molecule has 0 spiro atoms. The maximum atomic E-state index is 12.3. The van der Waals surface area contributed by atoms with Gasteiger partial charge in [0.2, 0.25) is 5.91 Å². The lowest BCUT2D eigenvalue weighted by molar-refractivity contribution is -0.124. The molecular formula is C15H23N3O3S. The molecule has 7 heteroatoms. The van der Waals surface area contributed by atoms with E-state index in [9.17, 15) is 13.2 Å². The van der Waals surface area contributed by atoms with Crippen LogP contribution in [0.15, 0.2) is 17.3 Å². The summed E-state index contributed by atoms with van der Waals surface area (Å²) >= 11 is 0. The number of hydrogen-bond acceptors (Lipinski definition) is 4. The van der Waals surface area contributed by atoms with Crippen LogP contribution >= 0.6 is 0 Å². The normalized spacial score (nSPS) is 21.0. The average molecular weight is 325 g/mol. The molecule has 2 aliphatic carbocycles. The second kappa shape index (κ2) is 6.02. The number of hydrogen-bond donors (Lipinski definition) is 1. The van der Waals surface area contributed by atoms with Gasteiger partial charge in [0.25, 0.3) is 0 Å². The predicted octanol–water partition coefficient (Wildman–Crippen LogP) is 1.69. The van der Waals surface area contributed by atoms with Crippen LogP contribution in [0.5, 0.6) is 0 Å². The number of carbonyl (C=O) groups is 1. The van der Waals surface area contributed by atoms with Crippen molar-refractivity contribution in [1.82, 2.24) is 15.1 Å². The highest BCUT2D eigenvalue weighted by Crippen LogP contribution is 2.35. The summed E-state index contributed by atoms with van der Waals surface area (Å²) in [5.74, 6) is 0.417. The summed E-state index contributed by atoms with van der Waals surface area (Å²) in [7, 11) is -1.65. The average Bonchev–Trinajstić information content (AvgIpc) is 3.04. The van der Waals surface area contributed by atoms with Gasteiger partial charge in [-0.15, -0.1) is 0 Å². The van der Waals surface area contributed by atoms with E-state index in [1.165, 1.54) is 29.9 Å². The van der Waals surface area contributed by atoms with E-state index in [1.807, 2.05) is 0 Å². The number of aromatic nitrogens is 2. The lowest BCUT2D eigenvalue weighted by Crippen LogP contribution is -2.31. The summed E-state index contributed by atoms with van der Waals surface area (Å²) < 4.78 is 26.1. The minimum atomic E-state index is -3.25. The van der Waals surface area contributed by atoms with E-state index < -0.39 is 15.9 Å². The largest absolute Gasteiger partial charge is 0.357 e. The lowest BCUT2D eigenvalue weighted by atomic mass is 9.98. The molecule has 1 aromatic heterocycles. The molecule has 1 unspecified atom stereocenters. The van der Waals surface area contributed by atoms with Crippen LogP contribution in [0.4, 0.5) is 0 Å². The van der Waals surface area contributed by atoms with E-state index >= 15 is 0 Å². The van der Waals surface area contributed by atoms with Gasteiger partial charge in [-0.25, -0.2) is 8.42 Å². The van der Waals surface area contributed by atoms with Gasteiger partial charge < -0.3 is 5.32 Å². The first-order valence-electron chi connectivity index (χ1n) is 8.02. The van der Waals surface area contributed by atoms with Gasteiger partial charge in [-0.2, -0.15) is 5.10 Å². The third-order valence-electron chi connectivity index (χ3n) is 4.77. The summed E-state index contributed by atoms with van der Waals surface area (Å²) in [6, 6.07) is -0.420. The Kier molecular flexibility index (Phi) is 4.25. The molecule has 2 fully saturated rings. The molecule has 1 aromatic rings. The van der Waals surface area contributed by atoms with Crippen molar-refractivity contribution in [3.63, 3.8) is 0 Å². The fraction of sp³-hybridized carbons (Fsp3) is 0.733. The number of rotatable bonds is 6. The first kappa shape index (κ1) is 15.5. The zero-order valence-corrected chi connectivity index (χ0v) is 13.7. The zero-order valence-electron chi connectivity index (χ0n) is 12.9. The van der Waals surface area contributed by atoms with Crippen molar-refractivity contribution in [3.8, 4) is 0 Å². The van der Waals surface area contributed by atoms with Crippen LogP contribution in [0.1, 0.15) is 51.0 Å². The van der Waals surface area contributed by atoms with Crippen LogP contribution in [0.3, 0.4) is 0 Å². The highest BCUT2D eigenvalue weighted by atomic mass is 32.2. The molecule has 1 N–H and O–H groups in total. The van der Waals surface area contributed by atoms with Gasteiger partial charge >= 0.3 is 0 Å². The summed E-state index contributed by atoms with van der Waals surface area (Å²) in [4.78, 5) is 12.4. The quantitative estimate of drug-likeness (QED) is 0.863. The molecule has 122 valence electrons. The number of sulfone groups is 1. The van der Waals surface area contributed by atoms with Crippen LogP contribution in [0, 0.1) is 5.92 Å². The highest BCUT2D eigenvalue weighted by Gasteiger charge is 2.38. The van der Waals surface area contributed by atoms with Crippen molar-refractivity contribution in [1.29, 1.82) is 0 Å². The summed E-state index contributed by atoms with van der Waals surface area (Å²) in [5.41, 5.74) is 0. The molecule has 0 radical (unpaired) electrons. The second-order valence-electron chi connectivity index (χ2n) is 6.42. The van der Waals surface area contributed by atoms with Gasteiger partial charge in [-0.3, -0.25) is 9.48 Å². The molecule has 22 heavy (non-hydrogen) atoms. The van der Waals surface area contributed by atoms with Crippen molar-refractivity contribution in [3.05, 3.63) is 12.4 Å². The molecule has 6 nitrogen and oxygen atoms in total. The Morgan fingerprint density at radius 1 is 1.36 bits per heavy atom. The molecule has 0 aromatic carbocycles. The Hall–Kier alpha value is -1.37. The highest BCUT2D eigenvalue weighted by molar-refractivity contribution is 7.92. The van der Waals surface area contributed by atoms with Crippen LogP contribution < -0.4 is 5.32 Å². The van der Waals surface area contributed by atoms with Gasteiger partial charge in [-0.05, 0) is 25.2 Å². The van der Waals surface area contributed by atoms with Crippen molar-refractivity contribution in [2.45, 2.75) is 61.1 Å². The van der Waals surface area contributed by atoms with E-state index in [1.54, 1.807) is 7.05 Å². The Bertz CT molecular complexity index is 643. The Labute approximate surface area is 131 Å². The molecule has 1 atom stereocenters. The number of carbonyl (C=O) groups excluding carboxylic acids is 1. The third-order valence-corrected chi connectivity index (χ3v) is 6.99. The molecule has 1 amide bonds. The maximum Gasteiger partial charge on any atom is 0.244 e. The minimum absolute atomic E-state index is 0.106. The SMILES string of the molecule is CNC(=O)C(CC1CCCC1)n1cc(S(=O)(=O)C2CC2)cn1. The number of amides is 1. The van der Waals surface area contributed by atoms with Gasteiger partial charge in [0.05, 0.1) is 11.4 Å². The Morgan fingerprint density at radius 3 is 2.64 bits per heavy atom. The van der Waals surface area contributed by atoms with E-state index in [-0.39, 0.29) is 16.1 Å². The molecule has 0 saturated heterocycles. The van der Waals surface area contributed by atoms with E-state index in [2.05, 4.69) is 10.4 Å². The van der Waals surface area contributed by atoms with E-state index in [0.717, 1.165) is 32.1 Å². The topological polar surface area (TPSA) is 81.1 Å². The fourth-order valence-corrected chi connectivity index (χ4v) is 4.86. The smallest absolute Gasteiger partial charge is 0.244 e. The van der Waals surface area contributed by atoms with Gasteiger partial charge in [0.15, 0.2) is 9.84 Å². The molecule has 1 heterocycles. The fourth-order valence-electron chi connectivity index (χ4n) is 3.27. The van der Waals surface area contributed by atoms with Gasteiger partial charge in [0, 0.05) is 13.2 Å². The second-order valence-corrected chi connectivity index (χ2v) is 8.64. The standard InChI is InChI=1S/C15H23N3O3S/c1-16-15(19)14(8-11-4-2-3-5-11)18-10-13(9-17-18)22(20,21)12-6-7-12/h9-12,14H,2-8H2,1H3,(H,16,19). The number of nitrogens with one attached hydrogen (secondary N) is 1. The molecular weight excluding hydrogens is 302 g/mol. The molecule has 0 aliphatic heterocycles. The first-order chi connectivity index (χ1) is 10.5. The Balaban J connectivity index is 1.81. The first-order valence-corrected chi connectivity index (χ1v) is 9.56. The maximum absolute atomic E-state index is 12.3. The Morgan fingerprint density at radius 2 is 2.05 bits per heavy atom. The summed E-state index contributed by atoms with van der Waals surface area (Å²) in [6.45, 7) is 0. The van der Waals surface area contributed by atoms with Crippen LogP contribution in [-0.4, -0.2) is 36.4 Å². The van der Waals surface area contributed by atoms with Crippen molar-refractivity contribution >= 4 is 15.7 Å². The van der Waals surface area contributed by atoms with Gasteiger partial charge in [0.1, 0.15) is 10.9 Å². The predicted molar refractivity (Wildman–Crippen MR) is 82.1 cm³/mol. The molecule has 2 aliphatic rings. The van der Waals surface area contributed by atoms with E-state index in [0.29, 0.717) is 5.92 Å². The lowest BCUT2D eigenvalue weighted by Gasteiger charge is -2.19. The van der Waals surface area contributed by atoms with E-state index in [4.69, 9.17) is 0 Å². The molecule has 2 saturated carbocycles. The van der Waals surface area contributed by atoms with Crippen LogP contribution in [0.2, 0.25) is 0 Å². The summed E-state index contributed by atoms with van der Waals surface area (Å²) in [6.07, 6.45) is 9.81. The summed E-state index contributed by atoms with van der Waals surface area (Å²) in [5, 5.41) is 6.60. The molecule has 3 rings (SSSR count). The van der Waals surface area contributed by atoms with Crippen LogP contribution in [0.25, 0.3) is 0 Å². The monoisotopic (exact) mass is 325 g/mol. The van der Waals surface area contributed by atoms with Gasteiger partial charge in [-0.1, -0.05) is 25.7 Å².